The van der Waals surface area contributed by atoms with E-state index >= 15 is 0 Å². The summed E-state index contributed by atoms with van der Waals surface area (Å²) in [6.45, 7) is 7.71. The molecule has 0 heterocycles. The number of hydrogen-bond acceptors (Lipinski definition) is 12. The third-order valence-corrected chi connectivity index (χ3v) is 6.52. The lowest BCUT2D eigenvalue weighted by Crippen LogP contribution is -2.53. The molecule has 0 saturated heterocycles. The molecular weight excluding hydrogens is 614 g/mol. The van der Waals surface area contributed by atoms with Crippen LogP contribution in [0, 0.1) is 0 Å². The Kier molecular flexibility index (Phi) is 22.5. The molecule has 47 heavy (non-hydrogen) atoms. The van der Waals surface area contributed by atoms with Gasteiger partial charge in [-0.05, 0) is 24.1 Å². The van der Waals surface area contributed by atoms with E-state index in [9.17, 15) is 14.7 Å². The monoisotopic (exact) mass is 665 g/mol. The van der Waals surface area contributed by atoms with E-state index in [1.54, 1.807) is 25.1 Å². The summed E-state index contributed by atoms with van der Waals surface area (Å²) in [4.78, 5) is 26.0. The number of rotatable bonds is 31. The molecule has 0 aliphatic heterocycles. The van der Waals surface area contributed by atoms with Crippen LogP contribution in [0.2, 0.25) is 0 Å². The molecule has 0 spiro atoms. The SMILES string of the molecule is CCOCC(OCCOCCOCCOCCOCCOCCOCCOCCN)(C(=O)O)C(=O)c1cccc(-c2ccccc2)c1. The lowest BCUT2D eigenvalue weighted by atomic mass is 9.91. The van der Waals surface area contributed by atoms with E-state index in [0.717, 1.165) is 11.1 Å². The minimum atomic E-state index is -2.21. The highest BCUT2D eigenvalue weighted by atomic mass is 16.6. The first-order valence-electron chi connectivity index (χ1n) is 15.9. The molecule has 0 aromatic heterocycles. The van der Waals surface area contributed by atoms with Gasteiger partial charge in [0.25, 0.3) is 5.60 Å². The topological polar surface area (TPSA) is 163 Å². The molecule has 0 bridgehead atoms. The summed E-state index contributed by atoms with van der Waals surface area (Å²) in [6.07, 6.45) is 0. The van der Waals surface area contributed by atoms with E-state index in [0.29, 0.717) is 85.8 Å². The summed E-state index contributed by atoms with van der Waals surface area (Å²) in [5.74, 6) is -2.12. The smallest absolute Gasteiger partial charge is 0.346 e. The maximum atomic E-state index is 13.6. The van der Waals surface area contributed by atoms with Crippen molar-refractivity contribution in [3.63, 3.8) is 0 Å². The summed E-state index contributed by atoms with van der Waals surface area (Å²) in [5, 5.41) is 10.1. The Hall–Kier alpha value is -2.82. The van der Waals surface area contributed by atoms with Crippen LogP contribution in [0.1, 0.15) is 17.3 Å². The Bertz CT molecular complexity index is 1090. The minimum absolute atomic E-state index is 0.0661. The van der Waals surface area contributed by atoms with E-state index in [2.05, 4.69) is 0 Å². The molecule has 2 rings (SSSR count). The fourth-order valence-corrected chi connectivity index (χ4v) is 4.12. The average molecular weight is 666 g/mol. The fourth-order valence-electron chi connectivity index (χ4n) is 4.12. The van der Waals surface area contributed by atoms with Crippen molar-refractivity contribution in [1.82, 2.24) is 0 Å². The Balaban J connectivity index is 1.56. The van der Waals surface area contributed by atoms with E-state index in [4.69, 9.17) is 48.4 Å². The average Bonchev–Trinajstić information content (AvgIpc) is 3.10. The lowest BCUT2D eigenvalue weighted by molar-refractivity contribution is -0.167. The van der Waals surface area contributed by atoms with Gasteiger partial charge in [-0.3, -0.25) is 4.79 Å². The highest BCUT2D eigenvalue weighted by Crippen LogP contribution is 2.25. The first-order valence-corrected chi connectivity index (χ1v) is 15.9. The molecule has 3 N–H and O–H groups in total. The zero-order chi connectivity index (χ0) is 33.8. The summed E-state index contributed by atoms with van der Waals surface area (Å²) in [5.41, 5.74) is 5.02. The standard InChI is InChI=1S/C34H51NO12/c1-2-39-28-34(33(37)38,32(36)31-10-6-9-30(27-31)29-7-4-3-5-8-29)47-26-25-46-24-23-45-22-21-44-20-19-43-18-17-42-16-15-41-14-13-40-12-11-35/h3-10,27H,2,11-26,28,35H2,1H3,(H,37,38). The van der Waals surface area contributed by atoms with Crippen LogP contribution in [0.25, 0.3) is 11.1 Å². The summed E-state index contributed by atoms with van der Waals surface area (Å²) >= 11 is 0. The van der Waals surface area contributed by atoms with E-state index in [1.807, 2.05) is 36.4 Å². The van der Waals surface area contributed by atoms with Gasteiger partial charge in [0, 0.05) is 18.7 Å². The van der Waals surface area contributed by atoms with Gasteiger partial charge in [-0.2, -0.15) is 0 Å². The molecule has 264 valence electrons. The number of Topliss-reactive ketones (excluding diaryl/α,β-unsaturated/α-hetero) is 1. The first-order chi connectivity index (χ1) is 23.0. The zero-order valence-electron chi connectivity index (χ0n) is 27.4. The molecular formula is C34H51NO12. The van der Waals surface area contributed by atoms with Crippen LogP contribution in [0.3, 0.4) is 0 Å². The second-order valence-electron chi connectivity index (χ2n) is 9.97. The number of nitrogens with two attached hydrogens (primary N) is 1. The second-order valence-corrected chi connectivity index (χ2v) is 9.97. The van der Waals surface area contributed by atoms with Crippen LogP contribution in [0.15, 0.2) is 54.6 Å². The zero-order valence-corrected chi connectivity index (χ0v) is 27.4. The maximum Gasteiger partial charge on any atom is 0.346 e. The van der Waals surface area contributed by atoms with Gasteiger partial charge in [0.2, 0.25) is 5.78 Å². The van der Waals surface area contributed by atoms with Crippen molar-refractivity contribution < 1.29 is 57.3 Å². The maximum absolute atomic E-state index is 13.6. The molecule has 0 radical (unpaired) electrons. The highest BCUT2D eigenvalue weighted by molar-refractivity contribution is 6.15. The molecule has 2 aromatic rings. The normalized spacial score (nSPS) is 12.6. The molecule has 13 nitrogen and oxygen atoms in total. The van der Waals surface area contributed by atoms with Crippen LogP contribution >= 0.6 is 0 Å². The third-order valence-electron chi connectivity index (χ3n) is 6.52. The minimum Gasteiger partial charge on any atom is -0.479 e. The van der Waals surface area contributed by atoms with Crippen LogP contribution in [0.5, 0.6) is 0 Å². The number of carbonyl (C=O) groups is 2. The summed E-state index contributed by atoms with van der Waals surface area (Å²) in [7, 11) is 0. The van der Waals surface area contributed by atoms with Gasteiger partial charge in [-0.1, -0.05) is 48.5 Å². The number of aliphatic carboxylic acids is 1. The molecule has 0 fully saturated rings. The van der Waals surface area contributed by atoms with Gasteiger partial charge in [0.15, 0.2) is 0 Å². The molecule has 13 heteroatoms. The first kappa shape index (κ1) is 40.4. The third kappa shape index (κ3) is 16.7. The van der Waals surface area contributed by atoms with Crippen LogP contribution in [-0.4, -0.2) is 141 Å². The van der Waals surface area contributed by atoms with Gasteiger partial charge >= 0.3 is 5.97 Å². The van der Waals surface area contributed by atoms with Crippen LogP contribution in [-0.2, 0) is 47.4 Å². The number of carbonyl (C=O) groups excluding carboxylic acids is 1. The second kappa shape index (κ2) is 26.2. The van der Waals surface area contributed by atoms with Gasteiger partial charge < -0.3 is 53.5 Å². The number of ketones is 1. The van der Waals surface area contributed by atoms with Gasteiger partial charge in [0.1, 0.15) is 0 Å². The number of ether oxygens (including phenoxy) is 9. The van der Waals surface area contributed by atoms with Crippen molar-refractivity contribution in [2.75, 3.05) is 119 Å². The van der Waals surface area contributed by atoms with E-state index in [-0.39, 0.29) is 32.0 Å². The molecule has 0 aliphatic rings. The van der Waals surface area contributed by atoms with Crippen molar-refractivity contribution in [2.45, 2.75) is 12.5 Å². The summed E-state index contributed by atoms with van der Waals surface area (Å²) < 4.78 is 49.0. The van der Waals surface area contributed by atoms with E-state index < -0.39 is 24.0 Å². The fraction of sp³-hybridized carbons (Fsp3) is 0.588. The highest BCUT2D eigenvalue weighted by Gasteiger charge is 2.48. The molecule has 0 aliphatic carbocycles. The van der Waals surface area contributed by atoms with Crippen LogP contribution < -0.4 is 5.73 Å². The number of carboxylic acids is 1. The lowest BCUT2D eigenvalue weighted by Gasteiger charge is -2.28. The Morgan fingerprint density at radius 3 is 1.49 bits per heavy atom. The van der Waals surface area contributed by atoms with Crippen molar-refractivity contribution in [3.05, 3.63) is 60.2 Å². The summed E-state index contributed by atoms with van der Waals surface area (Å²) in [6, 6.07) is 16.3. The number of hydrogen-bond donors (Lipinski definition) is 2. The molecule has 0 saturated carbocycles. The van der Waals surface area contributed by atoms with Gasteiger partial charge in [0.05, 0.1) is 106 Å². The molecule has 1 unspecified atom stereocenters. The largest absolute Gasteiger partial charge is 0.479 e. The van der Waals surface area contributed by atoms with Gasteiger partial charge in [-0.15, -0.1) is 0 Å². The molecule has 0 amide bonds. The number of carboxylic acid groups (broad SMARTS) is 1. The van der Waals surface area contributed by atoms with E-state index in [1.165, 1.54) is 0 Å². The molecule has 1 atom stereocenters. The molecule has 2 aromatic carbocycles. The van der Waals surface area contributed by atoms with Gasteiger partial charge in [-0.25, -0.2) is 4.79 Å². The Labute approximate surface area is 277 Å². The van der Waals surface area contributed by atoms with Crippen molar-refractivity contribution in [3.8, 4) is 11.1 Å². The predicted octanol–water partition coefficient (Wildman–Crippen LogP) is 2.49. The van der Waals surface area contributed by atoms with Crippen molar-refractivity contribution in [1.29, 1.82) is 0 Å². The number of benzene rings is 2. The van der Waals surface area contributed by atoms with Crippen molar-refractivity contribution in [2.24, 2.45) is 5.73 Å². The van der Waals surface area contributed by atoms with Crippen molar-refractivity contribution >= 4 is 11.8 Å². The van der Waals surface area contributed by atoms with Crippen LogP contribution in [0.4, 0.5) is 0 Å². The Morgan fingerprint density at radius 1 is 0.596 bits per heavy atom. The quantitative estimate of drug-likeness (QED) is 0.0687. The Morgan fingerprint density at radius 2 is 1.04 bits per heavy atom. The predicted molar refractivity (Wildman–Crippen MR) is 174 cm³/mol.